The molecule has 0 radical (unpaired) electrons. The van der Waals surface area contributed by atoms with Gasteiger partial charge in [-0.1, -0.05) is 54.4 Å². The largest absolute Gasteiger partial charge is 0.508 e. The molecule has 2 N–H and O–H groups in total. The zero-order valence-electron chi connectivity index (χ0n) is 12.1. The Kier molecular flexibility index (Phi) is 5.51. The Morgan fingerprint density at radius 1 is 1.10 bits per heavy atom. The Morgan fingerprint density at radius 3 is 2.43 bits per heavy atom. The Hall–Kier alpha value is -1.22. The third-order valence-corrected chi connectivity index (χ3v) is 4.35. The van der Waals surface area contributed by atoms with E-state index in [1.165, 1.54) is 0 Å². The van der Waals surface area contributed by atoms with Crippen molar-refractivity contribution in [1.82, 2.24) is 5.32 Å². The first-order valence-corrected chi connectivity index (χ1v) is 7.77. The second kappa shape index (κ2) is 7.17. The lowest BCUT2D eigenvalue weighted by Crippen LogP contribution is -2.24. The summed E-state index contributed by atoms with van der Waals surface area (Å²) in [7, 11) is 0. The Labute approximate surface area is 135 Å². The highest BCUT2D eigenvalue weighted by atomic mass is 35.5. The van der Waals surface area contributed by atoms with E-state index < -0.39 is 0 Å². The van der Waals surface area contributed by atoms with E-state index in [2.05, 4.69) is 19.2 Å². The van der Waals surface area contributed by atoms with Crippen molar-refractivity contribution in [2.24, 2.45) is 0 Å². The maximum absolute atomic E-state index is 10.00. The van der Waals surface area contributed by atoms with Gasteiger partial charge in [-0.3, -0.25) is 0 Å². The summed E-state index contributed by atoms with van der Waals surface area (Å²) in [6.07, 6.45) is 0.878. The van der Waals surface area contributed by atoms with E-state index in [0.29, 0.717) is 15.8 Å². The van der Waals surface area contributed by atoms with E-state index in [4.69, 9.17) is 23.2 Å². The van der Waals surface area contributed by atoms with E-state index in [9.17, 15) is 5.11 Å². The van der Waals surface area contributed by atoms with Crippen LogP contribution < -0.4 is 5.32 Å². The molecule has 2 atom stereocenters. The lowest BCUT2D eigenvalue weighted by Gasteiger charge is -2.24. The minimum absolute atomic E-state index is 0.0793. The molecule has 2 unspecified atom stereocenters. The third kappa shape index (κ3) is 3.91. The number of nitrogens with one attached hydrogen (secondary N) is 1. The molecule has 2 rings (SSSR count). The zero-order valence-corrected chi connectivity index (χ0v) is 13.6. The van der Waals surface area contributed by atoms with Crippen LogP contribution in [0.5, 0.6) is 5.75 Å². The summed E-state index contributed by atoms with van der Waals surface area (Å²) in [6, 6.07) is 13.2. The van der Waals surface area contributed by atoms with E-state index in [1.54, 1.807) is 12.1 Å². The van der Waals surface area contributed by atoms with Crippen molar-refractivity contribution in [2.45, 2.75) is 32.4 Å². The molecule has 112 valence electrons. The molecule has 0 amide bonds. The van der Waals surface area contributed by atoms with Crippen molar-refractivity contribution in [3.05, 3.63) is 63.6 Å². The van der Waals surface area contributed by atoms with Gasteiger partial charge in [-0.25, -0.2) is 0 Å². The second-order valence-electron chi connectivity index (χ2n) is 5.08. The van der Waals surface area contributed by atoms with E-state index in [0.717, 1.165) is 17.5 Å². The SMILES string of the molecule is CCC(NC(C)c1ccc(Cl)c(Cl)c1)c1ccccc1O. The third-order valence-electron chi connectivity index (χ3n) is 3.62. The summed E-state index contributed by atoms with van der Waals surface area (Å²) < 4.78 is 0. The topological polar surface area (TPSA) is 32.3 Å². The van der Waals surface area contributed by atoms with Crippen molar-refractivity contribution in [3.8, 4) is 5.75 Å². The lowest BCUT2D eigenvalue weighted by atomic mass is 10.0. The zero-order chi connectivity index (χ0) is 15.4. The van der Waals surface area contributed by atoms with Crippen molar-refractivity contribution < 1.29 is 5.11 Å². The summed E-state index contributed by atoms with van der Waals surface area (Å²) in [6.45, 7) is 4.16. The van der Waals surface area contributed by atoms with Crippen LogP contribution in [-0.2, 0) is 0 Å². The lowest BCUT2D eigenvalue weighted by molar-refractivity contribution is 0.419. The maximum Gasteiger partial charge on any atom is 0.120 e. The number of phenols is 1. The highest BCUT2D eigenvalue weighted by Crippen LogP contribution is 2.30. The van der Waals surface area contributed by atoms with E-state index in [-0.39, 0.29) is 12.1 Å². The van der Waals surface area contributed by atoms with Crippen LogP contribution in [0.3, 0.4) is 0 Å². The number of rotatable bonds is 5. The van der Waals surface area contributed by atoms with Crippen LogP contribution in [0.15, 0.2) is 42.5 Å². The van der Waals surface area contributed by atoms with Gasteiger partial charge < -0.3 is 10.4 Å². The predicted molar refractivity (Wildman–Crippen MR) is 89.2 cm³/mol. The van der Waals surface area contributed by atoms with Crippen molar-refractivity contribution in [2.75, 3.05) is 0 Å². The van der Waals surface area contributed by atoms with E-state index >= 15 is 0 Å². The van der Waals surface area contributed by atoms with Crippen LogP contribution in [0.2, 0.25) is 10.0 Å². The van der Waals surface area contributed by atoms with Gasteiger partial charge in [-0.2, -0.15) is 0 Å². The average Bonchev–Trinajstić information content (AvgIpc) is 2.48. The average molecular weight is 324 g/mol. The Morgan fingerprint density at radius 2 is 1.81 bits per heavy atom. The molecule has 0 fully saturated rings. The van der Waals surface area contributed by atoms with Crippen LogP contribution in [-0.4, -0.2) is 5.11 Å². The van der Waals surface area contributed by atoms with Gasteiger partial charge in [0, 0.05) is 17.6 Å². The smallest absolute Gasteiger partial charge is 0.120 e. The molecule has 0 heterocycles. The molecular weight excluding hydrogens is 305 g/mol. The van der Waals surface area contributed by atoms with Gasteiger partial charge >= 0.3 is 0 Å². The van der Waals surface area contributed by atoms with Gasteiger partial charge in [0.15, 0.2) is 0 Å². The highest BCUT2D eigenvalue weighted by Gasteiger charge is 2.17. The number of hydrogen-bond donors (Lipinski definition) is 2. The van der Waals surface area contributed by atoms with Gasteiger partial charge in [-0.15, -0.1) is 0 Å². The summed E-state index contributed by atoms with van der Waals surface area (Å²) in [4.78, 5) is 0. The molecule has 2 aromatic rings. The summed E-state index contributed by atoms with van der Waals surface area (Å²) in [5.74, 6) is 0.318. The molecule has 4 heteroatoms. The molecular formula is C17H19Cl2NO. The molecule has 2 nitrogen and oxygen atoms in total. The molecule has 0 aliphatic carbocycles. The van der Waals surface area contributed by atoms with Crippen molar-refractivity contribution in [1.29, 1.82) is 0 Å². The number of benzene rings is 2. The van der Waals surface area contributed by atoms with Crippen LogP contribution in [0, 0.1) is 0 Å². The molecule has 0 aromatic heterocycles. The number of para-hydroxylation sites is 1. The first kappa shape index (κ1) is 16.2. The molecule has 0 bridgehead atoms. The number of aromatic hydroxyl groups is 1. The standard InChI is InChI=1S/C17H19Cl2NO/c1-3-16(13-6-4-5-7-17(13)21)20-11(2)12-8-9-14(18)15(19)10-12/h4-11,16,20-21H,3H2,1-2H3. The van der Waals surface area contributed by atoms with Gasteiger partial charge in [-0.05, 0) is 37.1 Å². The first-order valence-electron chi connectivity index (χ1n) is 7.01. The molecule has 0 spiro atoms. The molecule has 2 aromatic carbocycles. The quantitative estimate of drug-likeness (QED) is 0.761. The number of hydrogen-bond acceptors (Lipinski definition) is 2. The minimum atomic E-state index is 0.0793. The molecule has 0 aliphatic rings. The van der Waals surface area contributed by atoms with E-state index in [1.807, 2.05) is 30.3 Å². The summed E-state index contributed by atoms with van der Waals surface area (Å²) in [5, 5.41) is 14.6. The predicted octanol–water partition coefficient (Wildman–Crippen LogP) is 5.50. The highest BCUT2D eigenvalue weighted by molar-refractivity contribution is 6.42. The normalized spacial score (nSPS) is 13.9. The van der Waals surface area contributed by atoms with Crippen LogP contribution in [0.25, 0.3) is 0 Å². The Bertz CT molecular complexity index is 615. The second-order valence-corrected chi connectivity index (χ2v) is 5.90. The van der Waals surface area contributed by atoms with Crippen molar-refractivity contribution in [3.63, 3.8) is 0 Å². The van der Waals surface area contributed by atoms with Gasteiger partial charge in [0.25, 0.3) is 0 Å². The summed E-state index contributed by atoms with van der Waals surface area (Å²) in [5.41, 5.74) is 1.98. The minimum Gasteiger partial charge on any atom is -0.508 e. The monoisotopic (exact) mass is 323 g/mol. The molecule has 0 saturated carbocycles. The number of phenolic OH excluding ortho intramolecular Hbond substituents is 1. The fraction of sp³-hybridized carbons (Fsp3) is 0.294. The maximum atomic E-state index is 10.00. The molecule has 0 saturated heterocycles. The van der Waals surface area contributed by atoms with Crippen LogP contribution in [0.1, 0.15) is 43.5 Å². The Balaban J connectivity index is 2.18. The fourth-order valence-electron chi connectivity index (χ4n) is 2.39. The van der Waals surface area contributed by atoms with Crippen LogP contribution in [0.4, 0.5) is 0 Å². The number of halogens is 2. The fourth-order valence-corrected chi connectivity index (χ4v) is 2.70. The van der Waals surface area contributed by atoms with Crippen molar-refractivity contribution >= 4 is 23.2 Å². The van der Waals surface area contributed by atoms with Gasteiger partial charge in [0.2, 0.25) is 0 Å². The van der Waals surface area contributed by atoms with Gasteiger partial charge in [0.1, 0.15) is 5.75 Å². The molecule has 0 aliphatic heterocycles. The molecule has 21 heavy (non-hydrogen) atoms. The summed E-state index contributed by atoms with van der Waals surface area (Å²) >= 11 is 12.0. The van der Waals surface area contributed by atoms with Crippen LogP contribution >= 0.6 is 23.2 Å². The van der Waals surface area contributed by atoms with Gasteiger partial charge in [0.05, 0.1) is 10.0 Å². The first-order chi connectivity index (χ1) is 10.0.